The number of rotatable bonds is 5. The Labute approximate surface area is 96.0 Å². The van der Waals surface area contributed by atoms with Gasteiger partial charge < -0.3 is 11.1 Å². The van der Waals surface area contributed by atoms with Crippen molar-refractivity contribution in [2.75, 3.05) is 7.05 Å². The molecule has 0 bridgehead atoms. The van der Waals surface area contributed by atoms with Crippen molar-refractivity contribution in [2.45, 2.75) is 38.8 Å². The predicted octanol–water partition coefficient (Wildman–Crippen LogP) is 0.606. The van der Waals surface area contributed by atoms with Crippen molar-refractivity contribution < 1.29 is 4.79 Å². The maximum absolute atomic E-state index is 11.4. The molecule has 0 saturated heterocycles. The largest absolute Gasteiger partial charge is 0.368 e. The van der Waals surface area contributed by atoms with Crippen LogP contribution >= 0.6 is 0 Å². The molecule has 0 spiro atoms. The van der Waals surface area contributed by atoms with Crippen LogP contribution in [-0.4, -0.2) is 28.3 Å². The summed E-state index contributed by atoms with van der Waals surface area (Å²) < 4.78 is 1.90. The second-order valence-corrected chi connectivity index (χ2v) is 4.42. The van der Waals surface area contributed by atoms with Gasteiger partial charge in [0.2, 0.25) is 5.91 Å². The van der Waals surface area contributed by atoms with E-state index in [4.69, 9.17) is 5.73 Å². The summed E-state index contributed by atoms with van der Waals surface area (Å²) >= 11 is 0. The number of carbonyl (C=O) groups is 1. The number of nitrogens with one attached hydrogen (secondary N) is 1. The number of aromatic nitrogens is 2. The smallest absolute Gasteiger partial charge is 0.237 e. The van der Waals surface area contributed by atoms with Crippen LogP contribution in [0.5, 0.6) is 0 Å². The monoisotopic (exact) mass is 224 g/mol. The van der Waals surface area contributed by atoms with Crippen molar-refractivity contribution >= 4 is 5.91 Å². The number of nitrogens with zero attached hydrogens (tertiary/aromatic N) is 2. The Kier molecular flexibility index (Phi) is 3.70. The van der Waals surface area contributed by atoms with E-state index in [9.17, 15) is 4.79 Å². The van der Waals surface area contributed by atoms with Crippen LogP contribution in [0, 0.1) is 6.92 Å². The highest BCUT2D eigenvalue weighted by Gasteiger charge is 2.31. The number of carbonyl (C=O) groups excluding carboxylic acids is 1. The molecule has 0 aliphatic rings. The molecule has 16 heavy (non-hydrogen) atoms. The highest BCUT2D eigenvalue weighted by molar-refractivity contribution is 5.84. The third-order valence-electron chi connectivity index (χ3n) is 3.08. The maximum atomic E-state index is 11.4. The van der Waals surface area contributed by atoms with Crippen LogP contribution in [-0.2, 0) is 4.79 Å². The minimum absolute atomic E-state index is 0.125. The second kappa shape index (κ2) is 4.65. The molecule has 0 aliphatic heterocycles. The Bertz CT molecular complexity index is 374. The quantitative estimate of drug-likeness (QED) is 0.769. The summed E-state index contributed by atoms with van der Waals surface area (Å²) in [5.41, 5.74) is 5.77. The van der Waals surface area contributed by atoms with Gasteiger partial charge in [-0.15, -0.1) is 0 Å². The average molecular weight is 224 g/mol. The van der Waals surface area contributed by atoms with Crippen LogP contribution in [0.1, 0.15) is 32.0 Å². The molecule has 1 heterocycles. The summed E-state index contributed by atoms with van der Waals surface area (Å²) in [6.07, 6.45) is 2.37. The molecule has 90 valence electrons. The molecule has 3 N–H and O–H groups in total. The first-order chi connectivity index (χ1) is 7.40. The van der Waals surface area contributed by atoms with E-state index in [1.165, 1.54) is 0 Å². The van der Waals surface area contributed by atoms with Gasteiger partial charge >= 0.3 is 0 Å². The summed E-state index contributed by atoms with van der Waals surface area (Å²) in [5.74, 6) is -0.341. The van der Waals surface area contributed by atoms with Crippen molar-refractivity contribution in [3.63, 3.8) is 0 Å². The Morgan fingerprint density at radius 1 is 1.75 bits per heavy atom. The zero-order valence-electron chi connectivity index (χ0n) is 10.3. The summed E-state index contributed by atoms with van der Waals surface area (Å²) in [7, 11) is 1.74. The summed E-state index contributed by atoms with van der Waals surface area (Å²) in [4.78, 5) is 11.4. The molecule has 2 unspecified atom stereocenters. The Hall–Kier alpha value is -1.36. The molecular formula is C11H20N4O. The van der Waals surface area contributed by atoms with E-state index >= 15 is 0 Å². The van der Waals surface area contributed by atoms with E-state index in [0.29, 0.717) is 6.42 Å². The molecule has 1 amide bonds. The van der Waals surface area contributed by atoms with E-state index in [0.717, 1.165) is 5.69 Å². The maximum Gasteiger partial charge on any atom is 0.237 e. The van der Waals surface area contributed by atoms with Gasteiger partial charge in [0, 0.05) is 11.9 Å². The third-order valence-corrected chi connectivity index (χ3v) is 3.08. The first kappa shape index (κ1) is 12.7. The lowest BCUT2D eigenvalue weighted by atomic mass is 9.93. The number of hydrogen-bond acceptors (Lipinski definition) is 3. The number of amides is 1. The van der Waals surface area contributed by atoms with Gasteiger partial charge in [0.05, 0.1) is 11.6 Å². The van der Waals surface area contributed by atoms with Gasteiger partial charge in [0.15, 0.2) is 0 Å². The van der Waals surface area contributed by atoms with Crippen molar-refractivity contribution in [3.05, 3.63) is 18.0 Å². The molecule has 1 aromatic rings. The number of aryl methyl sites for hydroxylation is 1. The van der Waals surface area contributed by atoms with Gasteiger partial charge in [-0.05, 0) is 40.3 Å². The highest BCUT2D eigenvalue weighted by atomic mass is 16.1. The fourth-order valence-corrected chi connectivity index (χ4v) is 1.85. The van der Waals surface area contributed by atoms with Crippen molar-refractivity contribution in [3.8, 4) is 0 Å². The van der Waals surface area contributed by atoms with E-state index in [1.807, 2.05) is 31.5 Å². The molecule has 5 heteroatoms. The zero-order valence-corrected chi connectivity index (χ0v) is 10.3. The molecule has 0 aromatic carbocycles. The van der Waals surface area contributed by atoms with E-state index < -0.39 is 5.54 Å². The first-order valence-corrected chi connectivity index (χ1v) is 5.39. The summed E-state index contributed by atoms with van der Waals surface area (Å²) in [5, 5.41) is 7.20. The van der Waals surface area contributed by atoms with Crippen LogP contribution in [0.4, 0.5) is 0 Å². The van der Waals surface area contributed by atoms with E-state index in [-0.39, 0.29) is 11.9 Å². The van der Waals surface area contributed by atoms with Crippen LogP contribution in [0.25, 0.3) is 0 Å². The van der Waals surface area contributed by atoms with Gasteiger partial charge in [0.25, 0.3) is 0 Å². The normalized spacial score (nSPS) is 16.8. The average Bonchev–Trinajstić information content (AvgIpc) is 2.64. The first-order valence-electron chi connectivity index (χ1n) is 5.39. The molecule has 0 aliphatic carbocycles. The fourth-order valence-electron chi connectivity index (χ4n) is 1.85. The van der Waals surface area contributed by atoms with E-state index in [1.54, 1.807) is 13.2 Å². The van der Waals surface area contributed by atoms with Crippen LogP contribution < -0.4 is 11.1 Å². The Morgan fingerprint density at radius 2 is 2.38 bits per heavy atom. The zero-order chi connectivity index (χ0) is 12.3. The number of primary amides is 1. The topological polar surface area (TPSA) is 72.9 Å². The fraction of sp³-hybridized carbons (Fsp3) is 0.636. The standard InChI is InChI=1S/C11H20N4O/c1-8-5-6-14-15(8)9(2)7-11(3,13-4)10(12)16/h5-6,9,13H,7H2,1-4H3,(H2,12,16). The molecule has 0 radical (unpaired) electrons. The number of hydrogen-bond donors (Lipinski definition) is 2. The molecule has 0 saturated carbocycles. The lowest BCUT2D eigenvalue weighted by Crippen LogP contribution is -2.52. The van der Waals surface area contributed by atoms with Gasteiger partial charge in [-0.2, -0.15) is 5.10 Å². The number of nitrogens with two attached hydrogens (primary N) is 1. The lowest BCUT2D eigenvalue weighted by molar-refractivity contribution is -0.124. The predicted molar refractivity (Wildman–Crippen MR) is 63.0 cm³/mol. The van der Waals surface area contributed by atoms with Gasteiger partial charge in [-0.1, -0.05) is 0 Å². The highest BCUT2D eigenvalue weighted by Crippen LogP contribution is 2.21. The van der Waals surface area contributed by atoms with Gasteiger partial charge in [-0.3, -0.25) is 9.48 Å². The third kappa shape index (κ3) is 2.41. The molecular weight excluding hydrogens is 204 g/mol. The molecule has 1 rings (SSSR count). The Morgan fingerprint density at radius 3 is 2.75 bits per heavy atom. The van der Waals surface area contributed by atoms with Crippen LogP contribution in [0.3, 0.4) is 0 Å². The molecule has 0 fully saturated rings. The second-order valence-electron chi connectivity index (χ2n) is 4.42. The van der Waals surface area contributed by atoms with E-state index in [2.05, 4.69) is 10.4 Å². The van der Waals surface area contributed by atoms with Crippen molar-refractivity contribution in [1.29, 1.82) is 0 Å². The SMILES string of the molecule is CNC(C)(CC(C)n1nccc1C)C(N)=O. The lowest BCUT2D eigenvalue weighted by Gasteiger charge is -2.29. The van der Waals surface area contributed by atoms with Crippen molar-refractivity contribution in [2.24, 2.45) is 5.73 Å². The van der Waals surface area contributed by atoms with Crippen LogP contribution in [0.15, 0.2) is 12.3 Å². The number of likely N-dealkylation sites (N-methyl/N-ethyl adjacent to an activating group) is 1. The summed E-state index contributed by atoms with van der Waals surface area (Å²) in [6, 6.07) is 2.07. The van der Waals surface area contributed by atoms with Gasteiger partial charge in [0.1, 0.15) is 0 Å². The Balaban J connectivity index is 2.81. The minimum atomic E-state index is -0.697. The summed E-state index contributed by atoms with van der Waals surface area (Å²) in [6.45, 7) is 5.83. The minimum Gasteiger partial charge on any atom is -0.368 e. The van der Waals surface area contributed by atoms with Crippen molar-refractivity contribution in [1.82, 2.24) is 15.1 Å². The van der Waals surface area contributed by atoms with Crippen LogP contribution in [0.2, 0.25) is 0 Å². The molecule has 1 aromatic heterocycles. The molecule has 2 atom stereocenters. The molecule has 5 nitrogen and oxygen atoms in total. The van der Waals surface area contributed by atoms with Gasteiger partial charge in [-0.25, -0.2) is 0 Å².